The molecule has 0 aromatic rings. The number of esters is 1. The monoisotopic (exact) mass is 166 g/mol. The summed E-state index contributed by atoms with van der Waals surface area (Å²) in [6.45, 7) is 7.72. The molecule has 11 heavy (non-hydrogen) atoms. The molecule has 0 amide bonds. The van der Waals surface area contributed by atoms with Crippen LogP contribution in [0.2, 0.25) is 0 Å². The van der Waals surface area contributed by atoms with Crippen LogP contribution in [-0.2, 0) is 14.3 Å². The first-order chi connectivity index (χ1) is 4.81. The summed E-state index contributed by atoms with van der Waals surface area (Å²) in [4.78, 5) is 10.4. The Balaban J connectivity index is 0. The minimum atomic E-state index is -0.423. The first kappa shape index (κ1) is 13.7. The van der Waals surface area contributed by atoms with Gasteiger partial charge in [0.05, 0.1) is 6.61 Å². The third-order valence-electron chi connectivity index (χ3n) is 0.783. The van der Waals surface area contributed by atoms with Crippen molar-refractivity contribution < 1.29 is 43.8 Å². The Bertz CT molecular complexity index is 114. The van der Waals surface area contributed by atoms with Gasteiger partial charge in [0.15, 0.2) is 0 Å². The maximum atomic E-state index is 10.4. The van der Waals surface area contributed by atoms with Crippen LogP contribution in [0.5, 0.6) is 0 Å². The first-order valence-corrected chi connectivity index (χ1v) is 2.97. The fraction of sp³-hybridized carbons (Fsp3) is 0.429. The molecular weight excluding hydrogens is 155 g/mol. The quantitative estimate of drug-likeness (QED) is 0.150. The van der Waals surface area contributed by atoms with E-state index in [1.54, 1.807) is 0 Å². The van der Waals surface area contributed by atoms with Crippen molar-refractivity contribution in [3.63, 3.8) is 0 Å². The molecule has 0 aliphatic carbocycles. The van der Waals surface area contributed by atoms with Crippen molar-refractivity contribution in [3.05, 3.63) is 19.6 Å². The summed E-state index contributed by atoms with van der Waals surface area (Å²) in [5.41, 5.74) is 0. The second kappa shape index (κ2) is 10.2. The van der Waals surface area contributed by atoms with E-state index >= 15 is 0 Å². The summed E-state index contributed by atoms with van der Waals surface area (Å²) in [7, 11) is 0. The molecule has 0 rings (SSSR count). The zero-order chi connectivity index (χ0) is 7.82. The van der Waals surface area contributed by atoms with E-state index in [-0.39, 0.29) is 36.2 Å². The van der Waals surface area contributed by atoms with E-state index in [2.05, 4.69) is 18.2 Å². The average Bonchev–Trinajstić information content (AvgIpc) is 1.98. The van der Waals surface area contributed by atoms with Crippen LogP contribution >= 0.6 is 0 Å². The molecule has 0 atom stereocenters. The zero-order valence-electron chi connectivity index (χ0n) is 6.84. The van der Waals surface area contributed by atoms with Crippen molar-refractivity contribution in [2.75, 3.05) is 19.8 Å². The van der Waals surface area contributed by atoms with Gasteiger partial charge in [0, 0.05) is 6.08 Å². The van der Waals surface area contributed by atoms with Crippen LogP contribution in [0.4, 0.5) is 0 Å². The molecule has 0 aliphatic heterocycles. The minimum Gasteiger partial charge on any atom is -0.460 e. The molecule has 0 spiro atoms. The molecule has 0 aliphatic rings. The van der Waals surface area contributed by atoms with Gasteiger partial charge in [-0.3, -0.25) is 0 Å². The SMILES string of the molecule is C=CC(=O)OCCOC[CH2-].[Na+]. The van der Waals surface area contributed by atoms with Crippen molar-refractivity contribution in [3.8, 4) is 0 Å². The number of rotatable bonds is 5. The summed E-state index contributed by atoms with van der Waals surface area (Å²) in [5, 5.41) is 0. The number of carbonyl (C=O) groups is 1. The summed E-state index contributed by atoms with van der Waals surface area (Å²) >= 11 is 0. The normalized spacial score (nSPS) is 8.09. The van der Waals surface area contributed by atoms with Gasteiger partial charge < -0.3 is 16.4 Å². The zero-order valence-corrected chi connectivity index (χ0v) is 8.84. The maximum Gasteiger partial charge on any atom is 1.00 e. The van der Waals surface area contributed by atoms with Crippen molar-refractivity contribution in [2.24, 2.45) is 0 Å². The van der Waals surface area contributed by atoms with Crippen molar-refractivity contribution in [1.82, 2.24) is 0 Å². The summed E-state index contributed by atoms with van der Waals surface area (Å²) in [5.74, 6) is -0.423. The molecule has 0 aromatic heterocycles. The number of ether oxygens (including phenoxy) is 2. The topological polar surface area (TPSA) is 35.5 Å². The summed E-state index contributed by atoms with van der Waals surface area (Å²) in [6, 6.07) is 0. The molecule has 4 heteroatoms. The van der Waals surface area contributed by atoms with Gasteiger partial charge >= 0.3 is 35.5 Å². The van der Waals surface area contributed by atoms with Gasteiger partial charge in [0.2, 0.25) is 0 Å². The van der Waals surface area contributed by atoms with Crippen LogP contribution in [0.15, 0.2) is 12.7 Å². The molecule has 0 radical (unpaired) electrons. The smallest absolute Gasteiger partial charge is 0.460 e. The van der Waals surface area contributed by atoms with Crippen LogP contribution < -0.4 is 29.6 Å². The fourth-order valence-electron chi connectivity index (χ4n) is 0.362. The van der Waals surface area contributed by atoms with Gasteiger partial charge in [-0.1, -0.05) is 13.2 Å². The van der Waals surface area contributed by atoms with Crippen LogP contribution in [0, 0.1) is 6.92 Å². The minimum absolute atomic E-state index is 0. The largest absolute Gasteiger partial charge is 1.00 e. The van der Waals surface area contributed by atoms with Crippen LogP contribution in [0.3, 0.4) is 0 Å². The van der Waals surface area contributed by atoms with E-state index in [1.165, 1.54) is 0 Å². The number of hydrogen-bond acceptors (Lipinski definition) is 3. The third-order valence-corrected chi connectivity index (χ3v) is 0.783. The van der Waals surface area contributed by atoms with Crippen molar-refractivity contribution in [2.45, 2.75) is 0 Å². The Hall–Kier alpha value is 0.170. The van der Waals surface area contributed by atoms with Crippen LogP contribution in [0.1, 0.15) is 0 Å². The van der Waals surface area contributed by atoms with Gasteiger partial charge in [0.25, 0.3) is 0 Å². The van der Waals surface area contributed by atoms with Gasteiger partial charge in [-0.2, -0.15) is 0 Å². The molecule has 0 bridgehead atoms. The van der Waals surface area contributed by atoms with Gasteiger partial charge in [0.1, 0.15) is 6.61 Å². The van der Waals surface area contributed by atoms with Crippen molar-refractivity contribution in [1.29, 1.82) is 0 Å². The molecule has 0 saturated heterocycles. The Morgan fingerprint density at radius 1 is 1.55 bits per heavy atom. The average molecular weight is 166 g/mol. The number of hydrogen-bond donors (Lipinski definition) is 0. The Labute approximate surface area is 89.0 Å². The molecule has 3 nitrogen and oxygen atoms in total. The predicted molar refractivity (Wildman–Crippen MR) is 37.3 cm³/mol. The van der Waals surface area contributed by atoms with E-state index in [0.29, 0.717) is 13.2 Å². The standard InChI is InChI=1S/C7H11O3.Na/c1-3-7(8)10-6-5-9-4-2;/h3H,1-2,4-6H2;/q-1;+1. The second-order valence-electron chi connectivity index (χ2n) is 1.48. The van der Waals surface area contributed by atoms with Crippen LogP contribution in [-0.4, -0.2) is 25.8 Å². The van der Waals surface area contributed by atoms with Gasteiger partial charge in [-0.25, -0.2) is 4.79 Å². The van der Waals surface area contributed by atoms with E-state index < -0.39 is 5.97 Å². The molecule has 0 unspecified atom stereocenters. The Morgan fingerprint density at radius 2 is 2.18 bits per heavy atom. The van der Waals surface area contributed by atoms with Crippen LogP contribution in [0.25, 0.3) is 0 Å². The summed E-state index contributed by atoms with van der Waals surface area (Å²) < 4.78 is 9.39. The maximum absolute atomic E-state index is 10.4. The third kappa shape index (κ3) is 10.2. The fourth-order valence-corrected chi connectivity index (χ4v) is 0.362. The van der Waals surface area contributed by atoms with E-state index in [9.17, 15) is 4.79 Å². The van der Waals surface area contributed by atoms with E-state index in [1.807, 2.05) is 0 Å². The first-order valence-electron chi connectivity index (χ1n) is 2.97. The number of carbonyl (C=O) groups excluding carboxylic acids is 1. The molecule has 0 aromatic carbocycles. The van der Waals surface area contributed by atoms with Gasteiger partial charge in [-0.05, 0) is 0 Å². The molecule has 0 heterocycles. The molecule has 0 saturated carbocycles. The van der Waals surface area contributed by atoms with E-state index in [4.69, 9.17) is 4.74 Å². The molecular formula is C7H11NaO3. The van der Waals surface area contributed by atoms with Crippen molar-refractivity contribution >= 4 is 5.97 Å². The predicted octanol–water partition coefficient (Wildman–Crippen LogP) is -2.43. The van der Waals surface area contributed by atoms with Gasteiger partial charge in [-0.15, -0.1) is 0 Å². The Kier molecular flexibility index (Phi) is 12.7. The second-order valence-corrected chi connectivity index (χ2v) is 1.48. The molecule has 0 fully saturated rings. The van der Waals surface area contributed by atoms with E-state index in [0.717, 1.165) is 6.08 Å². The molecule has 58 valence electrons. The molecule has 0 N–H and O–H groups in total. The Morgan fingerprint density at radius 3 is 2.64 bits per heavy atom. The summed E-state index contributed by atoms with van der Waals surface area (Å²) in [6.07, 6.45) is 1.12.